The summed E-state index contributed by atoms with van der Waals surface area (Å²) in [4.78, 5) is 4.46. The summed E-state index contributed by atoms with van der Waals surface area (Å²) < 4.78 is 23.8. The van der Waals surface area contributed by atoms with E-state index in [-0.39, 0.29) is 4.90 Å². The molecule has 4 aromatic rings. The van der Waals surface area contributed by atoms with E-state index in [0.717, 1.165) is 0 Å². The molecule has 0 aliphatic carbocycles. The third kappa shape index (κ3) is 3.31. The molecule has 2 aromatic carbocycles. The summed E-state index contributed by atoms with van der Waals surface area (Å²) in [6, 6.07) is 13.1. The lowest BCUT2D eigenvalue weighted by molar-refractivity contribution is 0.598. The molecular formula is C18H13Cl2N5O2S. The lowest BCUT2D eigenvalue weighted by atomic mass is 10.0. The predicted molar refractivity (Wildman–Crippen MR) is 111 cm³/mol. The van der Waals surface area contributed by atoms with E-state index < -0.39 is 10.0 Å². The number of nitrogens with zero attached hydrogens (tertiary/aromatic N) is 2. The van der Waals surface area contributed by atoms with Gasteiger partial charge in [0, 0.05) is 16.1 Å². The Morgan fingerprint density at radius 3 is 2.46 bits per heavy atom. The summed E-state index contributed by atoms with van der Waals surface area (Å²) in [7, 11) is -3.93. The molecule has 28 heavy (non-hydrogen) atoms. The van der Waals surface area contributed by atoms with Crippen molar-refractivity contribution < 1.29 is 8.42 Å². The van der Waals surface area contributed by atoms with Crippen molar-refractivity contribution in [2.24, 2.45) is 5.14 Å². The summed E-state index contributed by atoms with van der Waals surface area (Å²) in [5.74, 6) is 0.293. The molecule has 0 atom stereocenters. The van der Waals surface area contributed by atoms with Crippen molar-refractivity contribution in [3.05, 3.63) is 58.6 Å². The number of fused-ring (bicyclic) bond motifs is 1. The SMILES string of the molecule is Nc1n[nH]c2ccc(-c3ccc(-c4cc(Cl)ccc4S(N)(=O)=O)cc3Cl)nc12. The van der Waals surface area contributed by atoms with E-state index in [1.54, 1.807) is 30.3 Å². The van der Waals surface area contributed by atoms with Crippen LogP contribution in [-0.2, 0) is 10.0 Å². The number of aromatic amines is 1. The third-order valence-corrected chi connectivity index (χ3v) is 5.76. The highest BCUT2D eigenvalue weighted by Crippen LogP contribution is 2.35. The molecule has 0 fully saturated rings. The second-order valence-electron chi connectivity index (χ2n) is 6.08. The Morgan fingerprint density at radius 1 is 0.964 bits per heavy atom. The Kier molecular flexibility index (Phi) is 4.51. The molecule has 0 amide bonds. The molecule has 142 valence electrons. The van der Waals surface area contributed by atoms with E-state index in [0.29, 0.717) is 49.3 Å². The number of H-pyrrole nitrogens is 1. The van der Waals surface area contributed by atoms with Gasteiger partial charge in [-0.1, -0.05) is 35.3 Å². The quantitative estimate of drug-likeness (QED) is 0.452. The first kappa shape index (κ1) is 18.7. The Hall–Kier alpha value is -2.65. The van der Waals surface area contributed by atoms with Gasteiger partial charge in [0.2, 0.25) is 10.0 Å². The average molecular weight is 434 g/mol. The van der Waals surface area contributed by atoms with Crippen LogP contribution in [0.4, 0.5) is 5.82 Å². The Bertz CT molecular complexity index is 1340. The number of nitrogens with two attached hydrogens (primary N) is 2. The molecule has 10 heteroatoms. The molecular weight excluding hydrogens is 421 g/mol. The fourth-order valence-corrected chi connectivity index (χ4v) is 4.12. The van der Waals surface area contributed by atoms with Gasteiger partial charge in [-0.15, -0.1) is 0 Å². The minimum Gasteiger partial charge on any atom is -0.380 e. The number of nitrogen functional groups attached to an aromatic ring is 1. The van der Waals surface area contributed by atoms with Gasteiger partial charge in [-0.25, -0.2) is 18.5 Å². The number of hydrogen-bond donors (Lipinski definition) is 3. The van der Waals surface area contributed by atoms with Crippen LogP contribution in [-0.4, -0.2) is 23.6 Å². The van der Waals surface area contributed by atoms with Crippen molar-refractivity contribution in [2.75, 3.05) is 5.73 Å². The fourth-order valence-electron chi connectivity index (χ4n) is 2.93. The first-order valence-corrected chi connectivity index (χ1v) is 10.3. The number of primary sulfonamides is 1. The van der Waals surface area contributed by atoms with E-state index in [2.05, 4.69) is 15.2 Å². The predicted octanol–water partition coefficient (Wildman–Crippen LogP) is 3.83. The Balaban J connectivity index is 1.85. The monoisotopic (exact) mass is 433 g/mol. The minimum absolute atomic E-state index is 0.0357. The van der Waals surface area contributed by atoms with Crippen LogP contribution in [0.5, 0.6) is 0 Å². The van der Waals surface area contributed by atoms with E-state index in [4.69, 9.17) is 34.1 Å². The lowest BCUT2D eigenvalue weighted by Gasteiger charge is -2.11. The van der Waals surface area contributed by atoms with Crippen molar-refractivity contribution in [3.8, 4) is 22.4 Å². The molecule has 0 spiro atoms. The van der Waals surface area contributed by atoms with E-state index in [9.17, 15) is 8.42 Å². The second-order valence-corrected chi connectivity index (χ2v) is 8.46. The summed E-state index contributed by atoms with van der Waals surface area (Å²) in [5, 5.41) is 12.8. The number of anilines is 1. The maximum absolute atomic E-state index is 11.9. The van der Waals surface area contributed by atoms with Gasteiger partial charge in [0.1, 0.15) is 5.52 Å². The normalized spacial score (nSPS) is 11.8. The molecule has 0 aliphatic heterocycles. The zero-order valence-corrected chi connectivity index (χ0v) is 16.5. The first-order chi connectivity index (χ1) is 13.2. The highest BCUT2D eigenvalue weighted by molar-refractivity contribution is 7.89. The van der Waals surface area contributed by atoms with Crippen LogP contribution >= 0.6 is 23.2 Å². The topological polar surface area (TPSA) is 128 Å². The number of aromatic nitrogens is 3. The molecule has 0 radical (unpaired) electrons. The highest BCUT2D eigenvalue weighted by Gasteiger charge is 2.17. The molecule has 0 bridgehead atoms. The van der Waals surface area contributed by atoms with Gasteiger partial charge in [0.05, 0.1) is 21.1 Å². The molecule has 2 heterocycles. The Labute approximate surface area is 170 Å². The summed E-state index contributed by atoms with van der Waals surface area (Å²) >= 11 is 12.5. The number of hydrogen-bond acceptors (Lipinski definition) is 5. The Morgan fingerprint density at radius 2 is 1.75 bits per heavy atom. The largest absolute Gasteiger partial charge is 0.380 e. The fraction of sp³-hybridized carbons (Fsp3) is 0. The van der Waals surface area contributed by atoms with Crippen molar-refractivity contribution in [1.82, 2.24) is 15.2 Å². The molecule has 0 saturated heterocycles. The number of halogens is 2. The van der Waals surface area contributed by atoms with Crippen LogP contribution in [0, 0.1) is 0 Å². The van der Waals surface area contributed by atoms with Gasteiger partial charge >= 0.3 is 0 Å². The van der Waals surface area contributed by atoms with Gasteiger partial charge in [-0.3, -0.25) is 5.10 Å². The lowest BCUT2D eigenvalue weighted by Crippen LogP contribution is -2.13. The number of pyridine rings is 1. The van der Waals surface area contributed by atoms with Crippen LogP contribution in [0.1, 0.15) is 0 Å². The van der Waals surface area contributed by atoms with Gasteiger partial charge in [0.15, 0.2) is 5.82 Å². The first-order valence-electron chi connectivity index (χ1n) is 7.97. The second kappa shape index (κ2) is 6.75. The van der Waals surface area contributed by atoms with Gasteiger partial charge in [-0.2, -0.15) is 5.10 Å². The van der Waals surface area contributed by atoms with Crippen molar-refractivity contribution >= 4 is 50.1 Å². The minimum atomic E-state index is -3.93. The summed E-state index contributed by atoms with van der Waals surface area (Å²) in [5.41, 5.74) is 9.26. The average Bonchev–Trinajstić information content (AvgIpc) is 3.01. The van der Waals surface area contributed by atoms with Gasteiger partial charge in [-0.05, 0) is 42.0 Å². The van der Waals surface area contributed by atoms with Crippen LogP contribution in [0.15, 0.2) is 53.4 Å². The maximum Gasteiger partial charge on any atom is 0.238 e. The molecule has 4 rings (SSSR count). The maximum atomic E-state index is 11.9. The molecule has 0 saturated carbocycles. The van der Waals surface area contributed by atoms with Gasteiger partial charge < -0.3 is 5.73 Å². The summed E-state index contributed by atoms with van der Waals surface area (Å²) in [6.45, 7) is 0. The number of nitrogens with one attached hydrogen (secondary N) is 1. The van der Waals surface area contributed by atoms with Crippen LogP contribution in [0.25, 0.3) is 33.4 Å². The van der Waals surface area contributed by atoms with Gasteiger partial charge in [0.25, 0.3) is 0 Å². The number of sulfonamides is 1. The van der Waals surface area contributed by atoms with E-state index in [1.807, 2.05) is 0 Å². The standard InChI is InChI=1S/C18H13Cl2N5O2S/c19-10-2-6-16(28(22,26)27)12(8-10)9-1-3-11(13(20)7-9)14-4-5-15-17(23-14)18(21)25-24-15/h1-8H,(H3,21,24,25)(H2,22,26,27). The third-order valence-electron chi connectivity index (χ3n) is 4.24. The van der Waals surface area contributed by atoms with Crippen LogP contribution in [0.3, 0.4) is 0 Å². The number of rotatable bonds is 3. The highest BCUT2D eigenvalue weighted by atomic mass is 35.5. The molecule has 0 unspecified atom stereocenters. The molecule has 0 aliphatic rings. The van der Waals surface area contributed by atoms with Crippen molar-refractivity contribution in [1.29, 1.82) is 0 Å². The zero-order chi connectivity index (χ0) is 20.1. The van der Waals surface area contributed by atoms with Crippen LogP contribution < -0.4 is 10.9 Å². The molecule has 5 N–H and O–H groups in total. The molecule has 7 nitrogen and oxygen atoms in total. The van der Waals surface area contributed by atoms with Crippen LogP contribution in [0.2, 0.25) is 10.0 Å². The smallest absolute Gasteiger partial charge is 0.238 e. The zero-order valence-electron chi connectivity index (χ0n) is 14.1. The number of benzene rings is 2. The van der Waals surface area contributed by atoms with E-state index in [1.165, 1.54) is 18.2 Å². The molecule has 2 aromatic heterocycles. The van der Waals surface area contributed by atoms with Crippen molar-refractivity contribution in [3.63, 3.8) is 0 Å². The summed E-state index contributed by atoms with van der Waals surface area (Å²) in [6.07, 6.45) is 0. The van der Waals surface area contributed by atoms with E-state index >= 15 is 0 Å². The van der Waals surface area contributed by atoms with Crippen molar-refractivity contribution in [2.45, 2.75) is 4.90 Å².